The number of aryl methyl sites for hydroxylation is 1. The number of primary amides is 1. The molecule has 1 aromatic carbocycles. The van der Waals surface area contributed by atoms with Gasteiger partial charge in [0.25, 0.3) is 0 Å². The van der Waals surface area contributed by atoms with Crippen molar-refractivity contribution in [2.75, 3.05) is 5.32 Å². The van der Waals surface area contributed by atoms with E-state index in [2.05, 4.69) is 33.0 Å². The van der Waals surface area contributed by atoms with Crippen molar-refractivity contribution >= 4 is 11.6 Å². The van der Waals surface area contributed by atoms with E-state index in [0.29, 0.717) is 30.4 Å². The van der Waals surface area contributed by atoms with Crippen LogP contribution in [0.2, 0.25) is 0 Å². The molecule has 3 N–H and O–H groups in total. The second-order valence-corrected chi connectivity index (χ2v) is 6.78. The lowest BCUT2D eigenvalue weighted by Crippen LogP contribution is -2.52. The van der Waals surface area contributed by atoms with E-state index in [1.54, 1.807) is 0 Å². The van der Waals surface area contributed by atoms with E-state index in [-0.39, 0.29) is 11.7 Å². The highest BCUT2D eigenvalue weighted by molar-refractivity contribution is 5.88. The molecule has 1 rings (SSSR count). The highest BCUT2D eigenvalue weighted by Gasteiger charge is 2.37. The van der Waals surface area contributed by atoms with Crippen LogP contribution in [0.25, 0.3) is 0 Å². The quantitative estimate of drug-likeness (QED) is 0.802. The van der Waals surface area contributed by atoms with Crippen LogP contribution in [-0.4, -0.2) is 11.4 Å². The molecule has 0 saturated heterocycles. The number of rotatable bonds is 7. The van der Waals surface area contributed by atoms with Gasteiger partial charge in [-0.05, 0) is 55.4 Å². The molecule has 0 radical (unpaired) electrons. The summed E-state index contributed by atoms with van der Waals surface area (Å²) in [5.74, 6) is -0.0893. The average molecular weight is 294 g/mol. The van der Waals surface area contributed by atoms with E-state index in [1.807, 2.05) is 13.0 Å². The van der Waals surface area contributed by atoms with Gasteiger partial charge in [-0.15, -0.1) is 0 Å². The zero-order valence-corrected chi connectivity index (χ0v) is 13.7. The largest absolute Gasteiger partial charge is 0.371 e. The Balaban J connectivity index is 3.18. The summed E-state index contributed by atoms with van der Waals surface area (Å²) in [7, 11) is 0. The second kappa shape index (κ2) is 6.92. The van der Waals surface area contributed by atoms with E-state index in [0.717, 1.165) is 5.56 Å². The summed E-state index contributed by atoms with van der Waals surface area (Å²) in [6, 6.07) is 4.70. The molecule has 118 valence electrons. The van der Waals surface area contributed by atoms with Gasteiger partial charge >= 0.3 is 0 Å². The number of benzene rings is 1. The molecule has 0 heterocycles. The summed E-state index contributed by atoms with van der Waals surface area (Å²) in [6.45, 7) is 10.0. The predicted octanol–water partition coefficient (Wildman–Crippen LogP) is 3.86. The maximum atomic E-state index is 13.6. The van der Waals surface area contributed by atoms with Crippen LogP contribution < -0.4 is 11.1 Å². The zero-order chi connectivity index (χ0) is 16.2. The minimum absolute atomic E-state index is 0.304. The summed E-state index contributed by atoms with van der Waals surface area (Å²) < 4.78 is 13.6. The van der Waals surface area contributed by atoms with Gasteiger partial charge < -0.3 is 11.1 Å². The van der Waals surface area contributed by atoms with Gasteiger partial charge in [0.05, 0.1) is 0 Å². The first-order chi connectivity index (χ1) is 9.64. The smallest absolute Gasteiger partial charge is 0.243 e. The number of nitrogens with two attached hydrogens (primary N) is 1. The molecule has 1 amide bonds. The number of hydrogen-bond acceptors (Lipinski definition) is 2. The van der Waals surface area contributed by atoms with Crippen molar-refractivity contribution in [3.8, 4) is 0 Å². The number of amides is 1. The molecule has 0 spiro atoms. The standard InChI is InChI=1S/C17H27FN2O/c1-11(2)9-17(16(19)21,10-12(3)4)20-15-7-13(5)6-14(18)8-15/h6-8,11-12,20H,9-10H2,1-5H3,(H2,19,21). The van der Waals surface area contributed by atoms with E-state index < -0.39 is 5.54 Å². The molecule has 0 aromatic heterocycles. The van der Waals surface area contributed by atoms with E-state index >= 15 is 0 Å². The summed E-state index contributed by atoms with van der Waals surface area (Å²) in [6.07, 6.45) is 1.24. The maximum Gasteiger partial charge on any atom is 0.243 e. The Hall–Kier alpha value is -1.58. The molecule has 0 aliphatic rings. The molecule has 3 nitrogen and oxygen atoms in total. The highest BCUT2D eigenvalue weighted by atomic mass is 19.1. The Morgan fingerprint density at radius 3 is 2.10 bits per heavy atom. The molecular formula is C17H27FN2O. The highest BCUT2D eigenvalue weighted by Crippen LogP contribution is 2.30. The molecule has 0 aliphatic heterocycles. The van der Waals surface area contributed by atoms with Crippen molar-refractivity contribution in [1.29, 1.82) is 0 Å². The van der Waals surface area contributed by atoms with Gasteiger partial charge in [-0.1, -0.05) is 27.7 Å². The van der Waals surface area contributed by atoms with Gasteiger partial charge in [-0.3, -0.25) is 4.79 Å². The summed E-state index contributed by atoms with van der Waals surface area (Å²) in [5, 5.41) is 3.22. The minimum Gasteiger partial charge on any atom is -0.371 e. The third-order valence-electron chi connectivity index (χ3n) is 3.41. The van der Waals surface area contributed by atoms with E-state index in [9.17, 15) is 9.18 Å². The van der Waals surface area contributed by atoms with Crippen molar-refractivity contribution in [2.24, 2.45) is 17.6 Å². The first kappa shape index (κ1) is 17.5. The van der Waals surface area contributed by atoms with E-state index in [1.165, 1.54) is 12.1 Å². The fraction of sp³-hybridized carbons (Fsp3) is 0.588. The lowest BCUT2D eigenvalue weighted by molar-refractivity contribution is -0.123. The molecule has 4 heteroatoms. The van der Waals surface area contributed by atoms with Crippen molar-refractivity contribution in [2.45, 2.75) is 53.0 Å². The van der Waals surface area contributed by atoms with Crippen molar-refractivity contribution in [1.82, 2.24) is 0 Å². The molecule has 1 aromatic rings. The maximum absolute atomic E-state index is 13.6. The average Bonchev–Trinajstić information content (AvgIpc) is 2.24. The molecule has 0 atom stereocenters. The predicted molar refractivity (Wildman–Crippen MR) is 85.6 cm³/mol. The SMILES string of the molecule is Cc1cc(F)cc(NC(CC(C)C)(CC(C)C)C(N)=O)c1. The Bertz CT molecular complexity index is 467. The monoisotopic (exact) mass is 294 g/mol. The second-order valence-electron chi connectivity index (χ2n) is 6.78. The summed E-state index contributed by atoms with van der Waals surface area (Å²) in [4.78, 5) is 12.1. The summed E-state index contributed by atoms with van der Waals surface area (Å²) >= 11 is 0. The zero-order valence-electron chi connectivity index (χ0n) is 13.7. The van der Waals surface area contributed by atoms with Crippen molar-refractivity contribution < 1.29 is 9.18 Å². The number of hydrogen-bond donors (Lipinski definition) is 2. The molecule has 0 unspecified atom stereocenters. The first-order valence-electron chi connectivity index (χ1n) is 7.50. The third kappa shape index (κ3) is 5.03. The van der Waals surface area contributed by atoms with Crippen LogP contribution in [0.5, 0.6) is 0 Å². The van der Waals surface area contributed by atoms with Crippen LogP contribution in [0.3, 0.4) is 0 Å². The van der Waals surface area contributed by atoms with Gasteiger partial charge in [-0.2, -0.15) is 0 Å². The van der Waals surface area contributed by atoms with Crippen LogP contribution in [0.15, 0.2) is 18.2 Å². The first-order valence-corrected chi connectivity index (χ1v) is 7.50. The van der Waals surface area contributed by atoms with Gasteiger partial charge in [0.1, 0.15) is 11.4 Å². The molecule has 0 bridgehead atoms. The molecular weight excluding hydrogens is 267 g/mol. The third-order valence-corrected chi connectivity index (χ3v) is 3.41. The number of carbonyl (C=O) groups is 1. The Labute approximate surface area is 127 Å². The van der Waals surface area contributed by atoms with Crippen LogP contribution in [-0.2, 0) is 4.79 Å². The van der Waals surface area contributed by atoms with Crippen LogP contribution in [0, 0.1) is 24.6 Å². The van der Waals surface area contributed by atoms with Gasteiger partial charge in [0.15, 0.2) is 0 Å². The minimum atomic E-state index is -0.845. The Morgan fingerprint density at radius 1 is 1.19 bits per heavy atom. The van der Waals surface area contributed by atoms with Crippen molar-refractivity contribution in [3.63, 3.8) is 0 Å². The van der Waals surface area contributed by atoms with Crippen LogP contribution in [0.1, 0.15) is 46.1 Å². The lowest BCUT2D eigenvalue weighted by atomic mass is 9.81. The van der Waals surface area contributed by atoms with Crippen molar-refractivity contribution in [3.05, 3.63) is 29.6 Å². The van der Waals surface area contributed by atoms with Crippen LogP contribution in [0.4, 0.5) is 10.1 Å². The number of nitrogens with one attached hydrogen (secondary N) is 1. The number of anilines is 1. The fourth-order valence-electron chi connectivity index (χ4n) is 2.93. The molecule has 21 heavy (non-hydrogen) atoms. The lowest BCUT2D eigenvalue weighted by Gasteiger charge is -2.36. The Kier molecular flexibility index (Phi) is 5.76. The number of carbonyl (C=O) groups excluding carboxylic acids is 1. The molecule has 0 aliphatic carbocycles. The van der Waals surface area contributed by atoms with Gasteiger partial charge in [0, 0.05) is 5.69 Å². The topological polar surface area (TPSA) is 55.1 Å². The van der Waals surface area contributed by atoms with Crippen LogP contribution >= 0.6 is 0 Å². The van der Waals surface area contributed by atoms with Gasteiger partial charge in [0.2, 0.25) is 5.91 Å². The molecule has 0 fully saturated rings. The van der Waals surface area contributed by atoms with E-state index in [4.69, 9.17) is 5.73 Å². The fourth-order valence-corrected chi connectivity index (χ4v) is 2.93. The Morgan fingerprint density at radius 2 is 1.71 bits per heavy atom. The normalized spacial score (nSPS) is 12.0. The van der Waals surface area contributed by atoms with Gasteiger partial charge in [-0.25, -0.2) is 4.39 Å². The number of halogens is 1. The molecule has 0 saturated carbocycles. The summed E-state index contributed by atoms with van der Waals surface area (Å²) in [5.41, 5.74) is 6.27.